The Morgan fingerprint density at radius 2 is 1.61 bits per heavy atom. The Bertz CT molecular complexity index is 1160. The molecule has 0 aliphatic rings. The highest BCUT2D eigenvalue weighted by Crippen LogP contribution is 2.29. The summed E-state index contributed by atoms with van der Waals surface area (Å²) in [7, 11) is -4.27. The maximum Gasteiger partial charge on any atom is 0.308 e. The van der Waals surface area contributed by atoms with Crippen LogP contribution in [0.2, 0.25) is 0 Å². The number of anilines is 1. The first-order valence-corrected chi connectivity index (χ1v) is 13.9. The van der Waals surface area contributed by atoms with Crippen molar-refractivity contribution in [2.45, 2.75) is 77.4 Å². The van der Waals surface area contributed by atoms with Crippen LogP contribution in [-0.2, 0) is 40.4 Å². The van der Waals surface area contributed by atoms with Gasteiger partial charge in [-0.15, -0.1) is 0 Å². The summed E-state index contributed by atoms with van der Waals surface area (Å²) in [4.78, 5) is 24.0. The van der Waals surface area contributed by atoms with E-state index in [1.165, 1.54) is 25.1 Å². The van der Waals surface area contributed by atoms with Crippen molar-refractivity contribution < 1.29 is 37.0 Å². The summed E-state index contributed by atoms with van der Waals surface area (Å²) in [5, 5.41) is 2.63. The molecule has 1 atom stereocenters. The van der Waals surface area contributed by atoms with Crippen LogP contribution >= 0.6 is 0 Å². The Morgan fingerprint density at radius 3 is 2.16 bits per heavy atom. The zero-order valence-electron chi connectivity index (χ0n) is 22.8. The van der Waals surface area contributed by atoms with Gasteiger partial charge in [0.2, 0.25) is 15.9 Å². The molecule has 0 saturated heterocycles. The highest BCUT2D eigenvalue weighted by molar-refractivity contribution is 7.89. The Hall–Kier alpha value is -2.99. The molecule has 38 heavy (non-hydrogen) atoms. The van der Waals surface area contributed by atoms with Gasteiger partial charge in [-0.3, -0.25) is 9.59 Å². The van der Waals surface area contributed by atoms with Gasteiger partial charge in [-0.05, 0) is 52.3 Å². The molecule has 210 valence electrons. The number of esters is 1. The van der Waals surface area contributed by atoms with Gasteiger partial charge in [0.05, 0.1) is 12.5 Å². The number of ether oxygens (including phenoxy) is 4. The Kier molecular flexibility index (Phi) is 11.7. The van der Waals surface area contributed by atoms with E-state index in [0.29, 0.717) is 5.69 Å². The van der Waals surface area contributed by atoms with E-state index in [9.17, 15) is 18.0 Å². The van der Waals surface area contributed by atoms with Crippen LogP contribution in [-0.4, -0.2) is 51.4 Å². The van der Waals surface area contributed by atoms with Gasteiger partial charge in [-0.25, -0.2) is 13.1 Å². The third kappa shape index (κ3) is 10.4. The summed E-state index contributed by atoms with van der Waals surface area (Å²) >= 11 is 0. The summed E-state index contributed by atoms with van der Waals surface area (Å²) < 4.78 is 52.4. The molecule has 0 heterocycles. The van der Waals surface area contributed by atoms with Crippen molar-refractivity contribution >= 4 is 27.6 Å². The Labute approximate surface area is 225 Å². The molecule has 0 radical (unpaired) electrons. The molecule has 0 saturated carbocycles. The fraction of sp³-hybridized carbons (Fsp3) is 0.481. The molecule has 0 unspecified atom stereocenters. The fourth-order valence-electron chi connectivity index (χ4n) is 3.49. The summed E-state index contributed by atoms with van der Waals surface area (Å²) in [6, 6.07) is 12.4. The minimum atomic E-state index is -4.27. The van der Waals surface area contributed by atoms with Crippen molar-refractivity contribution in [2.75, 3.05) is 18.5 Å². The van der Waals surface area contributed by atoms with Crippen LogP contribution in [0.3, 0.4) is 0 Å². The topological polar surface area (TPSA) is 129 Å². The molecule has 0 aliphatic carbocycles. The second kappa shape index (κ2) is 14.2. The molecule has 2 rings (SSSR count). The lowest BCUT2D eigenvalue weighted by atomic mass is 10.1. The lowest BCUT2D eigenvalue weighted by molar-refractivity contribution is -0.169. The molecule has 0 fully saturated rings. The van der Waals surface area contributed by atoms with Gasteiger partial charge in [-0.1, -0.05) is 30.3 Å². The van der Waals surface area contributed by atoms with Crippen LogP contribution in [0.25, 0.3) is 0 Å². The van der Waals surface area contributed by atoms with Crippen molar-refractivity contribution in [3.63, 3.8) is 0 Å². The van der Waals surface area contributed by atoms with Gasteiger partial charge in [0.25, 0.3) is 0 Å². The SMILES string of the molecule is CCOC(OCC)[C@H](CC(=O)OC(C)(C)C)NS(=O)(=O)c1ccc(NC(C)=O)cc1OCc1ccccc1. The number of amides is 1. The molecule has 0 aromatic heterocycles. The zero-order valence-corrected chi connectivity index (χ0v) is 23.6. The lowest BCUT2D eigenvalue weighted by Gasteiger charge is -2.28. The monoisotopic (exact) mass is 550 g/mol. The number of nitrogens with one attached hydrogen (secondary N) is 2. The summed E-state index contributed by atoms with van der Waals surface area (Å²) in [6.07, 6.45) is -1.37. The molecule has 2 aromatic carbocycles. The lowest BCUT2D eigenvalue weighted by Crippen LogP contribution is -2.47. The largest absolute Gasteiger partial charge is 0.487 e. The molecule has 11 heteroatoms. The van der Waals surface area contributed by atoms with Gasteiger partial charge in [-0.2, -0.15) is 0 Å². The second-order valence-electron chi connectivity index (χ2n) is 9.41. The van der Waals surface area contributed by atoms with Crippen LogP contribution in [0.1, 0.15) is 53.5 Å². The number of hydrogen-bond acceptors (Lipinski definition) is 8. The van der Waals surface area contributed by atoms with Gasteiger partial charge in [0, 0.05) is 31.9 Å². The van der Waals surface area contributed by atoms with Crippen LogP contribution < -0.4 is 14.8 Å². The van der Waals surface area contributed by atoms with E-state index in [1.54, 1.807) is 34.6 Å². The van der Waals surface area contributed by atoms with E-state index in [0.717, 1.165) is 5.56 Å². The number of carbonyl (C=O) groups is 2. The first-order valence-electron chi connectivity index (χ1n) is 12.4. The number of sulfonamides is 1. The van der Waals surface area contributed by atoms with E-state index in [2.05, 4.69) is 10.0 Å². The minimum absolute atomic E-state index is 0.0213. The molecule has 0 bridgehead atoms. The zero-order chi connectivity index (χ0) is 28.3. The van der Waals surface area contributed by atoms with Gasteiger partial charge < -0.3 is 24.3 Å². The Balaban J connectivity index is 2.43. The van der Waals surface area contributed by atoms with Crippen molar-refractivity contribution in [2.24, 2.45) is 0 Å². The van der Waals surface area contributed by atoms with Crippen molar-refractivity contribution in [3.05, 3.63) is 54.1 Å². The summed E-state index contributed by atoms with van der Waals surface area (Å²) in [6.45, 7) is 10.5. The molecule has 0 spiro atoms. The average molecular weight is 551 g/mol. The summed E-state index contributed by atoms with van der Waals surface area (Å²) in [5.74, 6) is -0.911. The molecular formula is C27H38N2O8S. The molecule has 2 aromatic rings. The van der Waals surface area contributed by atoms with E-state index < -0.39 is 33.9 Å². The van der Waals surface area contributed by atoms with Crippen LogP contribution in [0.5, 0.6) is 5.75 Å². The number of hydrogen-bond donors (Lipinski definition) is 2. The predicted molar refractivity (Wildman–Crippen MR) is 143 cm³/mol. The molecule has 0 aliphatic heterocycles. The normalized spacial score (nSPS) is 12.7. The van der Waals surface area contributed by atoms with Crippen LogP contribution in [0.15, 0.2) is 53.4 Å². The van der Waals surface area contributed by atoms with Gasteiger partial charge in [0.15, 0.2) is 6.29 Å². The number of rotatable bonds is 14. The van der Waals surface area contributed by atoms with E-state index in [1.807, 2.05) is 30.3 Å². The van der Waals surface area contributed by atoms with E-state index in [-0.39, 0.29) is 42.8 Å². The van der Waals surface area contributed by atoms with Gasteiger partial charge in [0.1, 0.15) is 22.9 Å². The van der Waals surface area contributed by atoms with E-state index >= 15 is 0 Å². The number of carbonyl (C=O) groups excluding carboxylic acids is 2. The Morgan fingerprint density at radius 1 is 0.974 bits per heavy atom. The van der Waals surface area contributed by atoms with Crippen molar-refractivity contribution in [1.29, 1.82) is 0 Å². The van der Waals surface area contributed by atoms with Gasteiger partial charge >= 0.3 is 5.97 Å². The first kappa shape index (κ1) is 31.2. The van der Waals surface area contributed by atoms with E-state index in [4.69, 9.17) is 18.9 Å². The fourth-order valence-corrected chi connectivity index (χ4v) is 4.84. The quantitative estimate of drug-likeness (QED) is 0.267. The maximum absolute atomic E-state index is 13.6. The molecule has 1 amide bonds. The molecule has 2 N–H and O–H groups in total. The third-order valence-corrected chi connectivity index (χ3v) is 6.42. The summed E-state index contributed by atoms with van der Waals surface area (Å²) in [5.41, 5.74) is 0.432. The maximum atomic E-state index is 13.6. The van der Waals surface area contributed by atoms with Crippen molar-refractivity contribution in [1.82, 2.24) is 4.72 Å². The van der Waals surface area contributed by atoms with Crippen molar-refractivity contribution in [3.8, 4) is 5.75 Å². The standard InChI is InChI=1S/C27H38N2O8S/c1-7-34-26(35-8-2)22(17-25(31)37-27(4,5)6)29-38(32,33)24-15-14-21(28-19(3)30)16-23(24)36-18-20-12-10-9-11-13-20/h9-16,22,26,29H,7-8,17-18H2,1-6H3,(H,28,30)/t22-/m0/s1. The smallest absolute Gasteiger partial charge is 0.308 e. The molecular weight excluding hydrogens is 512 g/mol. The first-order chi connectivity index (χ1) is 17.8. The van der Waals surface area contributed by atoms with Crippen LogP contribution in [0, 0.1) is 0 Å². The minimum Gasteiger partial charge on any atom is -0.487 e. The third-order valence-electron chi connectivity index (χ3n) is 4.89. The number of benzene rings is 2. The average Bonchev–Trinajstić information content (AvgIpc) is 2.81. The predicted octanol–water partition coefficient (Wildman–Crippen LogP) is 4.00. The highest BCUT2D eigenvalue weighted by atomic mass is 32.2. The van der Waals surface area contributed by atoms with Crippen LogP contribution in [0.4, 0.5) is 5.69 Å². The second-order valence-corrected chi connectivity index (χ2v) is 11.1. The highest BCUT2D eigenvalue weighted by Gasteiger charge is 2.33. The molecule has 10 nitrogen and oxygen atoms in total.